The van der Waals surface area contributed by atoms with E-state index >= 15 is 0 Å². The van der Waals surface area contributed by atoms with Crippen molar-refractivity contribution in [3.63, 3.8) is 0 Å². The van der Waals surface area contributed by atoms with Crippen molar-refractivity contribution in [3.8, 4) is 0 Å². The SMILES string of the molecule is C[C@@H]([C@H](OP1N(C)[C@@H]2CCCC[C@H]2N1C)c1ccccc1)N(C)C. The van der Waals surface area contributed by atoms with Crippen LogP contribution in [0.1, 0.15) is 44.3 Å². The van der Waals surface area contributed by atoms with Crippen LogP contribution < -0.4 is 0 Å². The van der Waals surface area contributed by atoms with Crippen LogP contribution in [0.25, 0.3) is 0 Å². The molecule has 24 heavy (non-hydrogen) atoms. The van der Waals surface area contributed by atoms with Gasteiger partial charge in [-0.1, -0.05) is 43.2 Å². The summed E-state index contributed by atoms with van der Waals surface area (Å²) >= 11 is 0. The lowest BCUT2D eigenvalue weighted by Crippen LogP contribution is -2.37. The molecule has 0 amide bonds. The topological polar surface area (TPSA) is 19.0 Å². The van der Waals surface area contributed by atoms with Crippen molar-refractivity contribution < 1.29 is 4.52 Å². The highest BCUT2D eigenvalue weighted by molar-refractivity contribution is 7.47. The van der Waals surface area contributed by atoms with Gasteiger partial charge in [-0.2, -0.15) is 0 Å². The van der Waals surface area contributed by atoms with Gasteiger partial charge in [0.1, 0.15) is 6.10 Å². The first-order valence-corrected chi connectivity index (χ1v) is 10.3. The first-order chi connectivity index (χ1) is 11.5. The minimum absolute atomic E-state index is 0.0948. The predicted octanol–water partition coefficient (Wildman–Crippen LogP) is 4.11. The summed E-state index contributed by atoms with van der Waals surface area (Å²) in [5.74, 6) is 0. The highest BCUT2D eigenvalue weighted by Crippen LogP contribution is 2.58. The van der Waals surface area contributed by atoms with Crippen LogP contribution in [0.5, 0.6) is 0 Å². The maximum Gasteiger partial charge on any atom is 0.188 e. The molecule has 0 spiro atoms. The third kappa shape index (κ3) is 3.54. The molecule has 0 radical (unpaired) electrons. The molecule has 2 fully saturated rings. The molecule has 0 unspecified atom stereocenters. The number of nitrogens with zero attached hydrogens (tertiary/aromatic N) is 3. The van der Waals surface area contributed by atoms with Gasteiger partial charge in [0, 0.05) is 18.1 Å². The third-order valence-electron chi connectivity index (χ3n) is 5.78. The van der Waals surface area contributed by atoms with Crippen LogP contribution >= 0.6 is 8.45 Å². The van der Waals surface area contributed by atoms with Crippen molar-refractivity contribution in [2.24, 2.45) is 0 Å². The summed E-state index contributed by atoms with van der Waals surface area (Å²) in [7, 11) is 8.11. The van der Waals surface area contributed by atoms with Gasteiger partial charge in [0.15, 0.2) is 8.45 Å². The Labute approximate surface area is 148 Å². The Balaban J connectivity index is 1.82. The van der Waals surface area contributed by atoms with Gasteiger partial charge in [0.25, 0.3) is 0 Å². The Morgan fingerprint density at radius 3 is 2.08 bits per heavy atom. The summed E-state index contributed by atoms with van der Waals surface area (Å²) < 4.78 is 11.9. The van der Waals surface area contributed by atoms with Gasteiger partial charge in [-0.05, 0) is 53.5 Å². The van der Waals surface area contributed by atoms with Crippen molar-refractivity contribution in [1.82, 2.24) is 14.2 Å². The fraction of sp³-hybridized carbons (Fsp3) is 0.684. The predicted molar refractivity (Wildman–Crippen MR) is 102 cm³/mol. The summed E-state index contributed by atoms with van der Waals surface area (Å²) in [5.41, 5.74) is 1.28. The maximum absolute atomic E-state index is 6.81. The molecule has 1 aliphatic carbocycles. The van der Waals surface area contributed by atoms with Crippen LogP contribution in [0.4, 0.5) is 0 Å². The molecular weight excluding hydrogens is 317 g/mol. The van der Waals surface area contributed by atoms with E-state index in [1.165, 1.54) is 31.2 Å². The Bertz CT molecular complexity index is 509. The van der Waals surface area contributed by atoms with E-state index in [0.717, 1.165) is 0 Å². The number of hydrogen-bond acceptors (Lipinski definition) is 4. The molecule has 4 nitrogen and oxygen atoms in total. The molecule has 0 bridgehead atoms. The van der Waals surface area contributed by atoms with Gasteiger partial charge in [-0.3, -0.25) is 0 Å². The van der Waals surface area contributed by atoms with Gasteiger partial charge in [-0.25, -0.2) is 9.34 Å². The van der Waals surface area contributed by atoms with E-state index in [4.69, 9.17) is 4.52 Å². The van der Waals surface area contributed by atoms with Crippen molar-refractivity contribution in [3.05, 3.63) is 35.9 Å². The molecule has 1 aliphatic heterocycles. The van der Waals surface area contributed by atoms with E-state index in [1.807, 2.05) is 0 Å². The van der Waals surface area contributed by atoms with E-state index in [9.17, 15) is 0 Å². The highest BCUT2D eigenvalue weighted by Gasteiger charge is 2.47. The zero-order valence-electron chi connectivity index (χ0n) is 15.7. The maximum atomic E-state index is 6.81. The number of hydrogen-bond donors (Lipinski definition) is 0. The lowest BCUT2D eigenvalue weighted by atomic mass is 9.91. The number of likely N-dealkylation sites (N-methyl/N-ethyl adjacent to an activating group) is 3. The highest BCUT2D eigenvalue weighted by atomic mass is 31.2. The Morgan fingerprint density at radius 1 is 1.04 bits per heavy atom. The molecule has 5 heteroatoms. The standard InChI is InChI=1S/C19H32N3OP/c1-15(20(2)3)19(16-11-7-6-8-12-16)23-24-21(4)17-13-9-10-14-18(17)22(24)5/h6-8,11-12,15,17-19H,9-10,13-14H2,1-5H3/t15-,17+,18+,19-/m0/s1. The molecule has 1 heterocycles. The number of fused-ring (bicyclic) bond motifs is 1. The number of benzene rings is 1. The van der Waals surface area contributed by atoms with Gasteiger partial charge in [0.2, 0.25) is 0 Å². The molecule has 3 rings (SSSR count). The van der Waals surface area contributed by atoms with Crippen LogP contribution in [-0.2, 0) is 4.52 Å². The van der Waals surface area contributed by atoms with Crippen molar-refractivity contribution in [1.29, 1.82) is 0 Å². The van der Waals surface area contributed by atoms with Crippen LogP contribution in [-0.4, -0.2) is 60.6 Å². The van der Waals surface area contributed by atoms with E-state index in [-0.39, 0.29) is 6.10 Å². The van der Waals surface area contributed by atoms with Gasteiger partial charge in [0.05, 0.1) is 0 Å². The summed E-state index contributed by atoms with van der Waals surface area (Å²) in [4.78, 5) is 2.26. The Kier molecular flexibility index (Phi) is 5.94. The van der Waals surface area contributed by atoms with E-state index in [2.05, 4.69) is 79.7 Å². The molecule has 1 saturated carbocycles. The molecule has 1 aromatic carbocycles. The molecule has 2 aliphatic rings. The first-order valence-electron chi connectivity index (χ1n) is 9.14. The molecule has 4 atom stereocenters. The molecular formula is C19H32N3OP. The Hall–Kier alpha value is -0.510. The average Bonchev–Trinajstić information content (AvgIpc) is 2.84. The number of rotatable bonds is 5. The summed E-state index contributed by atoms with van der Waals surface area (Å²) in [6, 6.07) is 12.4. The van der Waals surface area contributed by atoms with Gasteiger partial charge < -0.3 is 9.42 Å². The molecule has 1 saturated heterocycles. The van der Waals surface area contributed by atoms with Crippen molar-refractivity contribution in [2.45, 2.75) is 56.8 Å². The van der Waals surface area contributed by atoms with Crippen LogP contribution in [0.2, 0.25) is 0 Å². The normalized spacial score (nSPS) is 28.9. The quantitative estimate of drug-likeness (QED) is 0.745. The fourth-order valence-corrected chi connectivity index (χ4v) is 6.32. The van der Waals surface area contributed by atoms with Crippen LogP contribution in [0.15, 0.2) is 30.3 Å². The lowest BCUT2D eigenvalue weighted by molar-refractivity contribution is 0.108. The van der Waals surface area contributed by atoms with E-state index in [0.29, 0.717) is 18.1 Å². The zero-order chi connectivity index (χ0) is 17.3. The average molecular weight is 349 g/mol. The summed E-state index contributed by atoms with van der Waals surface area (Å²) in [5, 5.41) is 0. The van der Waals surface area contributed by atoms with Gasteiger partial charge in [-0.15, -0.1) is 0 Å². The minimum atomic E-state index is -0.698. The lowest BCUT2D eigenvalue weighted by Gasteiger charge is -2.35. The fourth-order valence-electron chi connectivity index (χ4n) is 4.03. The molecule has 0 aromatic heterocycles. The molecule has 1 aromatic rings. The van der Waals surface area contributed by atoms with Crippen molar-refractivity contribution >= 4 is 8.45 Å². The smallest absolute Gasteiger partial charge is 0.188 e. The monoisotopic (exact) mass is 349 g/mol. The molecule has 0 N–H and O–H groups in total. The van der Waals surface area contributed by atoms with Crippen LogP contribution in [0.3, 0.4) is 0 Å². The first kappa shape index (κ1) is 18.3. The van der Waals surface area contributed by atoms with Crippen molar-refractivity contribution in [2.75, 3.05) is 28.2 Å². The Morgan fingerprint density at radius 2 is 1.58 bits per heavy atom. The van der Waals surface area contributed by atoms with E-state index in [1.54, 1.807) is 0 Å². The van der Waals surface area contributed by atoms with E-state index < -0.39 is 8.45 Å². The third-order valence-corrected chi connectivity index (χ3v) is 7.87. The second kappa shape index (κ2) is 7.80. The minimum Gasteiger partial charge on any atom is -0.321 e. The zero-order valence-corrected chi connectivity index (χ0v) is 16.6. The summed E-state index contributed by atoms with van der Waals surface area (Å²) in [6.07, 6.45) is 5.44. The van der Waals surface area contributed by atoms with Gasteiger partial charge >= 0.3 is 0 Å². The second-order valence-electron chi connectivity index (χ2n) is 7.46. The summed E-state index contributed by atoms with van der Waals surface area (Å²) in [6.45, 7) is 2.26. The molecule has 134 valence electrons. The second-order valence-corrected chi connectivity index (χ2v) is 9.44. The largest absolute Gasteiger partial charge is 0.321 e. The van der Waals surface area contributed by atoms with Crippen LogP contribution in [0, 0.1) is 0 Å².